The van der Waals surface area contributed by atoms with E-state index in [9.17, 15) is 14.4 Å². The number of rotatable bonds is 10. The fourth-order valence-corrected chi connectivity index (χ4v) is 6.34. The van der Waals surface area contributed by atoms with Gasteiger partial charge in [0.1, 0.15) is 10.9 Å². The topological polar surface area (TPSA) is 87.3 Å². The molecule has 0 heterocycles. The second kappa shape index (κ2) is 15.3. The molecule has 0 radical (unpaired) electrons. The van der Waals surface area contributed by atoms with E-state index in [1.807, 2.05) is 91.0 Å². The van der Waals surface area contributed by atoms with Gasteiger partial charge in [-0.3, -0.25) is 14.4 Å². The average molecular weight is 668 g/mol. The van der Waals surface area contributed by atoms with Gasteiger partial charge in [-0.15, -0.1) is 11.8 Å². The Labute approximate surface area is 287 Å². The van der Waals surface area contributed by atoms with Crippen LogP contribution in [-0.4, -0.2) is 17.7 Å². The fraction of sp³-hybridized carbons (Fsp3) is 0.0250. The first-order valence-corrected chi connectivity index (χ1v) is 16.4. The maximum atomic E-state index is 13.8. The van der Waals surface area contributed by atoms with Crippen LogP contribution in [0.15, 0.2) is 162 Å². The van der Waals surface area contributed by atoms with Gasteiger partial charge in [0.15, 0.2) is 0 Å². The van der Waals surface area contributed by atoms with Crippen LogP contribution in [-0.2, 0) is 9.59 Å². The number of carbonyl (C=O) groups is 3. The molecule has 3 amide bonds. The molecule has 0 aromatic heterocycles. The van der Waals surface area contributed by atoms with Crippen LogP contribution in [0.4, 0.5) is 11.4 Å². The van der Waals surface area contributed by atoms with Crippen molar-refractivity contribution in [3.05, 3.63) is 179 Å². The third-order valence-corrected chi connectivity index (χ3v) is 8.87. The highest BCUT2D eigenvalue weighted by Crippen LogP contribution is 2.37. The molecular formula is C40H30ClN3O3S. The summed E-state index contributed by atoms with van der Waals surface area (Å²) in [6, 6.07) is 46.3. The monoisotopic (exact) mass is 667 g/mol. The SMILES string of the molecule is O=C(Nc1cccc(SC(C(=O)Nc2ccc3ccccc3c2)c2ccccc2)c1)/C(=C/c1cccc(Cl)c1)NC(=O)c1ccccc1. The van der Waals surface area contributed by atoms with Crippen molar-refractivity contribution in [1.29, 1.82) is 0 Å². The number of fused-ring (bicyclic) bond motifs is 1. The molecule has 0 aliphatic heterocycles. The highest BCUT2D eigenvalue weighted by atomic mass is 35.5. The van der Waals surface area contributed by atoms with E-state index in [0.29, 0.717) is 27.5 Å². The lowest BCUT2D eigenvalue weighted by Gasteiger charge is -2.18. The Morgan fingerprint density at radius 2 is 1.31 bits per heavy atom. The van der Waals surface area contributed by atoms with Gasteiger partial charge in [-0.05, 0) is 82.6 Å². The van der Waals surface area contributed by atoms with Gasteiger partial charge in [0.2, 0.25) is 5.91 Å². The molecule has 1 unspecified atom stereocenters. The predicted octanol–water partition coefficient (Wildman–Crippen LogP) is 9.37. The molecule has 236 valence electrons. The maximum absolute atomic E-state index is 13.8. The Morgan fingerprint density at radius 3 is 2.08 bits per heavy atom. The van der Waals surface area contributed by atoms with Crippen molar-refractivity contribution >= 4 is 69.3 Å². The summed E-state index contributed by atoms with van der Waals surface area (Å²) in [4.78, 5) is 41.2. The molecule has 8 heteroatoms. The molecule has 3 N–H and O–H groups in total. The fourth-order valence-electron chi connectivity index (χ4n) is 5.06. The van der Waals surface area contributed by atoms with Crippen molar-refractivity contribution in [3.63, 3.8) is 0 Å². The lowest BCUT2D eigenvalue weighted by molar-refractivity contribution is -0.116. The minimum Gasteiger partial charge on any atom is -0.325 e. The number of thioether (sulfide) groups is 1. The molecule has 48 heavy (non-hydrogen) atoms. The first-order valence-electron chi connectivity index (χ1n) is 15.2. The molecule has 1 atom stereocenters. The summed E-state index contributed by atoms with van der Waals surface area (Å²) >= 11 is 7.56. The number of nitrogens with one attached hydrogen (secondary N) is 3. The van der Waals surface area contributed by atoms with E-state index in [4.69, 9.17) is 11.6 Å². The molecule has 0 saturated heterocycles. The van der Waals surface area contributed by atoms with Gasteiger partial charge in [0, 0.05) is 26.9 Å². The second-order valence-electron chi connectivity index (χ2n) is 10.9. The molecular weight excluding hydrogens is 638 g/mol. The van der Waals surface area contributed by atoms with Crippen LogP contribution in [0.5, 0.6) is 0 Å². The van der Waals surface area contributed by atoms with E-state index in [-0.39, 0.29) is 11.6 Å². The summed E-state index contributed by atoms with van der Waals surface area (Å²) in [5, 5.41) is 10.8. The van der Waals surface area contributed by atoms with Gasteiger partial charge in [0.25, 0.3) is 11.8 Å². The molecule has 0 bridgehead atoms. The minimum atomic E-state index is -0.577. The normalized spacial score (nSPS) is 11.8. The van der Waals surface area contributed by atoms with Gasteiger partial charge < -0.3 is 16.0 Å². The molecule has 6 aromatic carbocycles. The third kappa shape index (κ3) is 8.39. The van der Waals surface area contributed by atoms with Crippen molar-refractivity contribution in [2.75, 3.05) is 10.6 Å². The zero-order valence-corrected chi connectivity index (χ0v) is 27.2. The Bertz CT molecular complexity index is 2120. The number of amides is 3. The lowest BCUT2D eigenvalue weighted by Crippen LogP contribution is -2.30. The molecule has 6 rings (SSSR count). The van der Waals surface area contributed by atoms with Crippen LogP contribution >= 0.6 is 23.4 Å². The zero-order chi connectivity index (χ0) is 33.3. The third-order valence-electron chi connectivity index (χ3n) is 7.39. The molecule has 0 aliphatic rings. The largest absolute Gasteiger partial charge is 0.325 e. The van der Waals surface area contributed by atoms with Crippen LogP contribution in [0.1, 0.15) is 26.7 Å². The molecule has 0 saturated carbocycles. The quantitative estimate of drug-likeness (QED) is 0.100. The zero-order valence-electron chi connectivity index (χ0n) is 25.6. The Hall–Kier alpha value is -5.63. The van der Waals surface area contributed by atoms with E-state index in [2.05, 4.69) is 16.0 Å². The van der Waals surface area contributed by atoms with E-state index in [1.54, 1.807) is 66.7 Å². The van der Waals surface area contributed by atoms with Gasteiger partial charge in [-0.2, -0.15) is 0 Å². The maximum Gasteiger partial charge on any atom is 0.272 e. The van der Waals surface area contributed by atoms with Gasteiger partial charge in [-0.25, -0.2) is 0 Å². The summed E-state index contributed by atoms with van der Waals surface area (Å²) < 4.78 is 0. The first kappa shape index (κ1) is 32.3. The van der Waals surface area contributed by atoms with Crippen molar-refractivity contribution in [2.24, 2.45) is 0 Å². The molecule has 0 aliphatic carbocycles. The van der Waals surface area contributed by atoms with Crippen LogP contribution in [0.3, 0.4) is 0 Å². The standard InChI is InChI=1S/C40H30ClN3O3S/c41-32-18-9-11-27(23-32)24-36(44-38(45)30-15-5-2-6-16-30)39(46)42-33-19-10-20-35(26-33)48-37(29-13-3-1-4-14-29)40(47)43-34-22-21-28-12-7-8-17-31(28)25-34/h1-26,37H,(H,42,46)(H,43,47)(H,44,45)/b36-24-. The summed E-state index contributed by atoms with van der Waals surface area (Å²) in [7, 11) is 0. The number of benzene rings is 6. The Morgan fingerprint density at radius 1 is 0.625 bits per heavy atom. The van der Waals surface area contributed by atoms with E-state index < -0.39 is 17.1 Å². The predicted molar refractivity (Wildman–Crippen MR) is 196 cm³/mol. The molecule has 0 spiro atoms. The molecule has 0 fully saturated rings. The first-order chi connectivity index (χ1) is 23.4. The summed E-state index contributed by atoms with van der Waals surface area (Å²) in [6.45, 7) is 0. The Balaban J connectivity index is 1.23. The minimum absolute atomic E-state index is 0.0427. The summed E-state index contributed by atoms with van der Waals surface area (Å²) in [5.41, 5.74) is 3.14. The van der Waals surface area contributed by atoms with E-state index in [1.165, 1.54) is 11.8 Å². The Kier molecular flexibility index (Phi) is 10.3. The van der Waals surface area contributed by atoms with Gasteiger partial charge in [0.05, 0.1) is 0 Å². The summed E-state index contributed by atoms with van der Waals surface area (Å²) in [6.07, 6.45) is 1.57. The number of hydrogen-bond acceptors (Lipinski definition) is 4. The van der Waals surface area contributed by atoms with Crippen LogP contribution in [0, 0.1) is 0 Å². The van der Waals surface area contributed by atoms with Crippen LogP contribution < -0.4 is 16.0 Å². The highest BCUT2D eigenvalue weighted by molar-refractivity contribution is 8.00. The van der Waals surface area contributed by atoms with Crippen LogP contribution in [0.25, 0.3) is 16.8 Å². The molecule has 6 nitrogen and oxygen atoms in total. The average Bonchev–Trinajstić information content (AvgIpc) is 3.11. The summed E-state index contributed by atoms with van der Waals surface area (Å²) in [5.74, 6) is -1.12. The van der Waals surface area contributed by atoms with Gasteiger partial charge >= 0.3 is 0 Å². The number of hydrogen-bond donors (Lipinski definition) is 3. The van der Waals surface area contributed by atoms with Crippen molar-refractivity contribution in [3.8, 4) is 0 Å². The number of carbonyl (C=O) groups excluding carboxylic acids is 3. The van der Waals surface area contributed by atoms with Crippen LogP contribution in [0.2, 0.25) is 5.02 Å². The number of anilines is 2. The second-order valence-corrected chi connectivity index (χ2v) is 12.5. The van der Waals surface area contributed by atoms with Crippen molar-refractivity contribution < 1.29 is 14.4 Å². The number of halogens is 1. The van der Waals surface area contributed by atoms with E-state index in [0.717, 1.165) is 21.2 Å². The lowest BCUT2D eigenvalue weighted by atomic mass is 10.1. The van der Waals surface area contributed by atoms with Crippen molar-refractivity contribution in [1.82, 2.24) is 5.32 Å². The van der Waals surface area contributed by atoms with Gasteiger partial charge in [-0.1, -0.05) is 109 Å². The highest BCUT2D eigenvalue weighted by Gasteiger charge is 2.23. The molecule has 6 aromatic rings. The van der Waals surface area contributed by atoms with Crippen molar-refractivity contribution in [2.45, 2.75) is 10.1 Å². The van der Waals surface area contributed by atoms with E-state index >= 15 is 0 Å². The smallest absolute Gasteiger partial charge is 0.272 e.